The molecule has 2 aromatic rings. The molecular formula is C24H33B2N5O4. The van der Waals surface area contributed by atoms with Crippen molar-refractivity contribution >= 4 is 44.3 Å². The van der Waals surface area contributed by atoms with E-state index in [1.54, 1.807) is 13.2 Å². The Bertz CT molecular complexity index is 1140. The van der Waals surface area contributed by atoms with Gasteiger partial charge < -0.3 is 25.7 Å². The molecule has 2 heterocycles. The van der Waals surface area contributed by atoms with E-state index in [0.29, 0.717) is 24.3 Å². The van der Waals surface area contributed by atoms with Gasteiger partial charge in [-0.2, -0.15) is 5.26 Å². The van der Waals surface area contributed by atoms with Crippen molar-refractivity contribution in [2.45, 2.75) is 57.0 Å². The molecule has 0 aliphatic carbocycles. The summed E-state index contributed by atoms with van der Waals surface area (Å²) in [6.45, 7) is 3.91. The lowest BCUT2D eigenvalue weighted by Gasteiger charge is -2.36. The minimum absolute atomic E-state index is 0.1000. The van der Waals surface area contributed by atoms with E-state index in [0.717, 1.165) is 17.3 Å². The topological polar surface area (TPSA) is 136 Å². The zero-order chi connectivity index (χ0) is 25.8. The second-order valence-corrected chi connectivity index (χ2v) is 10.3. The van der Waals surface area contributed by atoms with Crippen LogP contribution in [0.2, 0.25) is 0 Å². The molecule has 184 valence electrons. The molecule has 0 radical (unpaired) electrons. The Morgan fingerprint density at radius 2 is 2.06 bits per heavy atom. The monoisotopic (exact) mass is 477 g/mol. The van der Waals surface area contributed by atoms with Gasteiger partial charge in [-0.25, -0.2) is 0 Å². The molecule has 1 saturated heterocycles. The van der Waals surface area contributed by atoms with E-state index >= 15 is 0 Å². The smallest absolute Gasteiger partial charge is 0.268 e. The molecule has 1 aliphatic heterocycles. The van der Waals surface area contributed by atoms with Crippen LogP contribution in [0.15, 0.2) is 24.3 Å². The van der Waals surface area contributed by atoms with Gasteiger partial charge in [0.25, 0.3) is 5.91 Å². The lowest BCUT2D eigenvalue weighted by molar-refractivity contribution is -0.129. The van der Waals surface area contributed by atoms with E-state index in [9.17, 15) is 19.6 Å². The van der Waals surface area contributed by atoms with Crippen LogP contribution in [0.1, 0.15) is 50.0 Å². The summed E-state index contributed by atoms with van der Waals surface area (Å²) in [7, 11) is 5.49. The van der Waals surface area contributed by atoms with E-state index in [1.807, 2.05) is 47.7 Å². The number of nitriles is 1. The third-order valence-corrected chi connectivity index (χ3v) is 6.36. The van der Waals surface area contributed by atoms with Gasteiger partial charge in [0.1, 0.15) is 39.2 Å². The number of ether oxygens (including phenoxy) is 1. The van der Waals surface area contributed by atoms with Gasteiger partial charge in [0, 0.05) is 16.8 Å². The maximum absolute atomic E-state index is 13.1. The fourth-order valence-corrected chi connectivity index (χ4v) is 4.46. The van der Waals surface area contributed by atoms with Crippen LogP contribution < -0.4 is 20.7 Å². The van der Waals surface area contributed by atoms with E-state index in [-0.39, 0.29) is 29.5 Å². The minimum Gasteiger partial charge on any atom is -0.496 e. The number of aromatic amines is 1. The number of aromatic nitrogens is 1. The van der Waals surface area contributed by atoms with Gasteiger partial charge in [0.15, 0.2) is 0 Å². The van der Waals surface area contributed by atoms with Crippen molar-refractivity contribution in [3.8, 4) is 11.8 Å². The summed E-state index contributed by atoms with van der Waals surface area (Å²) in [5.41, 5.74) is 1.06. The van der Waals surface area contributed by atoms with Crippen molar-refractivity contribution in [2.24, 2.45) is 11.8 Å². The molecule has 0 bridgehead atoms. The molecule has 4 N–H and O–H groups in total. The summed E-state index contributed by atoms with van der Waals surface area (Å²) < 4.78 is 5.35. The van der Waals surface area contributed by atoms with Crippen LogP contribution in [0, 0.1) is 23.2 Å². The zero-order valence-corrected chi connectivity index (χ0v) is 21.0. The van der Waals surface area contributed by atoms with Gasteiger partial charge >= 0.3 is 0 Å². The van der Waals surface area contributed by atoms with Crippen LogP contribution >= 0.6 is 0 Å². The Labute approximate surface area is 207 Å². The molecule has 1 aromatic carbocycles. The normalized spacial score (nSPS) is 18.8. The number of hydrogen-bond acceptors (Lipinski definition) is 5. The Hall–Kier alpha value is -3.41. The number of H-pyrrole nitrogens is 1. The lowest BCUT2D eigenvalue weighted by atomic mass is 9.57. The van der Waals surface area contributed by atoms with Gasteiger partial charge in [-0.05, 0) is 55.1 Å². The number of hydrogen-bond donors (Lipinski definition) is 4. The number of carbonyl (C=O) groups excluding carboxylic acids is 3. The molecule has 3 amide bonds. The number of carbonyl (C=O) groups is 3. The van der Waals surface area contributed by atoms with E-state index < -0.39 is 23.9 Å². The fourth-order valence-electron chi connectivity index (χ4n) is 4.46. The van der Waals surface area contributed by atoms with Crippen molar-refractivity contribution in [3.05, 3.63) is 30.0 Å². The summed E-state index contributed by atoms with van der Waals surface area (Å²) in [6, 6.07) is 7.60. The van der Waals surface area contributed by atoms with Crippen LogP contribution in [-0.2, 0) is 9.59 Å². The molecule has 3 atom stereocenters. The molecule has 3 rings (SSSR count). The number of piperidine rings is 1. The van der Waals surface area contributed by atoms with Crippen LogP contribution in [-0.4, -0.2) is 62.9 Å². The molecule has 11 heteroatoms. The maximum Gasteiger partial charge on any atom is 0.268 e. The zero-order valence-electron chi connectivity index (χ0n) is 21.0. The SMILES string of the molecule is BC1(B)CC[C@@H](C[C@@H](C#N)NC(=O)[C@H](CC(C)C)NC(=O)c2cc3c(OC)cccc3[nH]2)C(=O)N1. The Balaban J connectivity index is 1.69. The van der Waals surface area contributed by atoms with Crippen molar-refractivity contribution < 1.29 is 19.1 Å². The molecule has 1 fully saturated rings. The standard InChI is InChI=1S/C24H33B2N5O4/c1-13(2)9-18(30-23(34)19-11-16-17(29-19)5-4-6-20(16)35-3)22(33)28-15(12-27)10-14-7-8-24(25,26)31-21(14)32/h4-6,11,13-15,18,29H,7-10,25-26H2,1-3H3,(H,28,33)(H,30,34)(H,31,32)/t14-,15-,18-/m0/s1. The highest BCUT2D eigenvalue weighted by molar-refractivity contribution is 6.41. The van der Waals surface area contributed by atoms with E-state index in [4.69, 9.17) is 4.74 Å². The van der Waals surface area contributed by atoms with Crippen molar-refractivity contribution in [3.63, 3.8) is 0 Å². The number of fused-ring (bicyclic) bond motifs is 1. The maximum atomic E-state index is 13.1. The van der Waals surface area contributed by atoms with Gasteiger partial charge in [-0.1, -0.05) is 19.9 Å². The van der Waals surface area contributed by atoms with Gasteiger partial charge in [0.2, 0.25) is 11.8 Å². The summed E-state index contributed by atoms with van der Waals surface area (Å²) in [5, 5.41) is 18.7. The van der Waals surface area contributed by atoms with Crippen molar-refractivity contribution in [2.75, 3.05) is 7.11 Å². The Kier molecular flexibility index (Phi) is 8.15. The van der Waals surface area contributed by atoms with Gasteiger partial charge in [-0.15, -0.1) is 0 Å². The van der Waals surface area contributed by atoms with Gasteiger partial charge in [0.05, 0.1) is 13.2 Å². The number of benzene rings is 1. The molecule has 9 nitrogen and oxygen atoms in total. The summed E-state index contributed by atoms with van der Waals surface area (Å²) in [6.07, 6.45) is 2.09. The van der Waals surface area contributed by atoms with Crippen molar-refractivity contribution in [1.82, 2.24) is 20.9 Å². The second kappa shape index (κ2) is 10.9. The summed E-state index contributed by atoms with van der Waals surface area (Å²) >= 11 is 0. The molecule has 1 aliphatic rings. The lowest BCUT2D eigenvalue weighted by Crippen LogP contribution is -2.56. The van der Waals surface area contributed by atoms with Crippen LogP contribution in [0.4, 0.5) is 0 Å². The minimum atomic E-state index is -0.830. The number of amides is 3. The number of rotatable bonds is 9. The molecular weight excluding hydrogens is 444 g/mol. The first-order chi connectivity index (χ1) is 16.5. The van der Waals surface area contributed by atoms with Gasteiger partial charge in [-0.3, -0.25) is 14.4 Å². The predicted molar refractivity (Wildman–Crippen MR) is 138 cm³/mol. The first-order valence-electron chi connectivity index (χ1n) is 12.0. The number of methoxy groups -OCH3 is 1. The quantitative estimate of drug-likeness (QED) is 0.382. The summed E-state index contributed by atoms with van der Waals surface area (Å²) in [4.78, 5) is 41.6. The molecule has 35 heavy (non-hydrogen) atoms. The van der Waals surface area contributed by atoms with Crippen molar-refractivity contribution in [1.29, 1.82) is 5.26 Å². The Morgan fingerprint density at radius 3 is 2.69 bits per heavy atom. The molecule has 0 unspecified atom stereocenters. The fraction of sp³-hybridized carbons (Fsp3) is 0.500. The number of nitrogens with zero attached hydrogens (tertiary/aromatic N) is 1. The highest BCUT2D eigenvalue weighted by Gasteiger charge is 2.34. The van der Waals surface area contributed by atoms with E-state index in [2.05, 4.69) is 27.0 Å². The third-order valence-electron chi connectivity index (χ3n) is 6.36. The largest absolute Gasteiger partial charge is 0.496 e. The van der Waals surface area contributed by atoms with Crippen LogP contribution in [0.5, 0.6) is 5.75 Å². The summed E-state index contributed by atoms with van der Waals surface area (Å²) in [5.74, 6) is -0.540. The van der Waals surface area contributed by atoms with Crippen LogP contribution in [0.3, 0.4) is 0 Å². The van der Waals surface area contributed by atoms with E-state index in [1.165, 1.54) is 0 Å². The predicted octanol–water partition coefficient (Wildman–Crippen LogP) is 0.166. The second-order valence-electron chi connectivity index (χ2n) is 10.3. The first-order valence-corrected chi connectivity index (χ1v) is 12.0. The first kappa shape index (κ1) is 26.2. The average molecular weight is 477 g/mol. The Morgan fingerprint density at radius 1 is 1.31 bits per heavy atom. The highest BCUT2D eigenvalue weighted by Crippen LogP contribution is 2.26. The molecule has 0 saturated carbocycles. The van der Waals surface area contributed by atoms with Crippen LogP contribution in [0.25, 0.3) is 10.9 Å². The molecule has 0 spiro atoms. The molecule has 1 aromatic heterocycles. The average Bonchev–Trinajstić information content (AvgIpc) is 3.23. The third kappa shape index (κ3) is 6.59. The highest BCUT2D eigenvalue weighted by atomic mass is 16.5. The number of nitrogens with one attached hydrogen (secondary N) is 4.